The molecule has 0 aliphatic carbocycles. The number of amides is 1. The molecular formula is C19H23N3O2. The molecule has 1 aliphatic rings. The number of rotatable bonds is 4. The van der Waals surface area contributed by atoms with E-state index < -0.39 is 0 Å². The summed E-state index contributed by atoms with van der Waals surface area (Å²) in [5.41, 5.74) is 2.45. The number of carbonyl (C=O) groups excluding carboxylic acids is 1. The quantitative estimate of drug-likeness (QED) is 0.939. The molecule has 0 aromatic heterocycles. The fourth-order valence-corrected chi connectivity index (χ4v) is 2.86. The van der Waals surface area contributed by atoms with Gasteiger partial charge in [-0.05, 0) is 37.4 Å². The highest BCUT2D eigenvalue weighted by atomic mass is 16.5. The summed E-state index contributed by atoms with van der Waals surface area (Å²) in [7, 11) is 3.81. The minimum atomic E-state index is -0.106. The van der Waals surface area contributed by atoms with E-state index in [-0.39, 0.29) is 5.91 Å². The molecule has 1 N–H and O–H groups in total. The first-order valence-corrected chi connectivity index (χ1v) is 8.15. The van der Waals surface area contributed by atoms with Gasteiger partial charge in [0.05, 0.1) is 12.8 Å². The lowest BCUT2D eigenvalue weighted by Gasteiger charge is -2.34. The molecule has 0 radical (unpaired) electrons. The highest BCUT2D eigenvalue weighted by molar-refractivity contribution is 6.04. The van der Waals surface area contributed by atoms with Gasteiger partial charge < -0.3 is 19.9 Å². The second-order valence-electron chi connectivity index (χ2n) is 6.00. The lowest BCUT2D eigenvalue weighted by atomic mass is 10.2. The predicted molar refractivity (Wildman–Crippen MR) is 97.1 cm³/mol. The highest BCUT2D eigenvalue weighted by Gasteiger charge is 2.18. The predicted octanol–water partition coefficient (Wildman–Crippen LogP) is 2.70. The number of nitrogens with zero attached hydrogens (tertiary/aromatic N) is 2. The maximum atomic E-state index is 12.3. The van der Waals surface area contributed by atoms with Crippen LogP contribution in [0.5, 0.6) is 5.75 Å². The minimum Gasteiger partial charge on any atom is -0.495 e. The monoisotopic (exact) mass is 325 g/mol. The van der Waals surface area contributed by atoms with E-state index in [9.17, 15) is 4.79 Å². The van der Waals surface area contributed by atoms with Gasteiger partial charge in [-0.15, -0.1) is 0 Å². The SMILES string of the molecule is COc1ccc(NC(=O)c2ccccc2)cc1N1CCN(C)CC1. The Morgan fingerprint density at radius 2 is 1.75 bits per heavy atom. The van der Waals surface area contributed by atoms with E-state index in [0.717, 1.165) is 43.3 Å². The molecule has 126 valence electrons. The number of carbonyl (C=O) groups is 1. The van der Waals surface area contributed by atoms with E-state index in [2.05, 4.69) is 22.2 Å². The van der Waals surface area contributed by atoms with Crippen LogP contribution in [0, 0.1) is 0 Å². The van der Waals surface area contributed by atoms with Gasteiger partial charge >= 0.3 is 0 Å². The van der Waals surface area contributed by atoms with Crippen molar-refractivity contribution in [2.45, 2.75) is 0 Å². The summed E-state index contributed by atoms with van der Waals surface area (Å²) < 4.78 is 5.50. The van der Waals surface area contributed by atoms with Crippen LogP contribution in [-0.4, -0.2) is 51.1 Å². The topological polar surface area (TPSA) is 44.8 Å². The molecule has 2 aromatic rings. The first-order valence-electron chi connectivity index (χ1n) is 8.15. The van der Waals surface area contributed by atoms with Crippen molar-refractivity contribution in [3.05, 3.63) is 54.1 Å². The molecule has 5 heteroatoms. The lowest BCUT2D eigenvalue weighted by Crippen LogP contribution is -2.44. The Morgan fingerprint density at radius 1 is 1.04 bits per heavy atom. The molecule has 0 unspecified atom stereocenters. The maximum Gasteiger partial charge on any atom is 0.255 e. The van der Waals surface area contributed by atoms with Crippen molar-refractivity contribution in [2.24, 2.45) is 0 Å². The first kappa shape index (κ1) is 16.3. The number of methoxy groups -OCH3 is 1. The van der Waals surface area contributed by atoms with Crippen molar-refractivity contribution < 1.29 is 9.53 Å². The van der Waals surface area contributed by atoms with Crippen LogP contribution in [-0.2, 0) is 0 Å². The van der Waals surface area contributed by atoms with Gasteiger partial charge in [0.25, 0.3) is 5.91 Å². The summed E-state index contributed by atoms with van der Waals surface area (Å²) in [6, 6.07) is 15.0. The Morgan fingerprint density at radius 3 is 2.42 bits per heavy atom. The molecule has 0 spiro atoms. The second-order valence-corrected chi connectivity index (χ2v) is 6.00. The van der Waals surface area contributed by atoms with Gasteiger partial charge in [-0.2, -0.15) is 0 Å². The molecule has 1 amide bonds. The summed E-state index contributed by atoms with van der Waals surface area (Å²) in [6.07, 6.45) is 0. The van der Waals surface area contributed by atoms with Gasteiger partial charge in [-0.3, -0.25) is 4.79 Å². The number of benzene rings is 2. The zero-order valence-corrected chi connectivity index (χ0v) is 14.2. The van der Waals surface area contributed by atoms with Crippen LogP contribution in [0.25, 0.3) is 0 Å². The smallest absolute Gasteiger partial charge is 0.255 e. The van der Waals surface area contributed by atoms with E-state index >= 15 is 0 Å². The van der Waals surface area contributed by atoms with Gasteiger partial charge in [-0.1, -0.05) is 18.2 Å². The van der Waals surface area contributed by atoms with Crippen LogP contribution < -0.4 is 15.0 Å². The maximum absolute atomic E-state index is 12.3. The summed E-state index contributed by atoms with van der Waals surface area (Å²) in [4.78, 5) is 16.9. The molecule has 1 saturated heterocycles. The van der Waals surface area contributed by atoms with Crippen LogP contribution in [0.1, 0.15) is 10.4 Å². The fraction of sp³-hybridized carbons (Fsp3) is 0.316. The number of hydrogen-bond acceptors (Lipinski definition) is 4. The Labute approximate surface area is 142 Å². The van der Waals surface area contributed by atoms with Gasteiger partial charge in [0, 0.05) is 37.4 Å². The molecule has 1 aliphatic heterocycles. The number of piperazine rings is 1. The number of hydrogen-bond donors (Lipinski definition) is 1. The largest absolute Gasteiger partial charge is 0.495 e. The molecule has 2 aromatic carbocycles. The number of ether oxygens (including phenoxy) is 1. The second kappa shape index (κ2) is 7.36. The summed E-state index contributed by atoms with van der Waals surface area (Å²) >= 11 is 0. The summed E-state index contributed by atoms with van der Waals surface area (Å²) in [5, 5.41) is 2.97. The molecule has 1 fully saturated rings. The fourth-order valence-electron chi connectivity index (χ4n) is 2.86. The number of nitrogens with one attached hydrogen (secondary N) is 1. The number of likely N-dealkylation sites (N-methyl/N-ethyl adjacent to an activating group) is 1. The molecule has 0 saturated carbocycles. The van der Waals surface area contributed by atoms with E-state index in [1.807, 2.05) is 36.4 Å². The molecule has 3 rings (SSSR count). The minimum absolute atomic E-state index is 0.106. The zero-order valence-electron chi connectivity index (χ0n) is 14.2. The molecule has 0 atom stereocenters. The summed E-state index contributed by atoms with van der Waals surface area (Å²) in [6.45, 7) is 3.93. The molecular weight excluding hydrogens is 302 g/mol. The zero-order chi connectivity index (χ0) is 16.9. The van der Waals surface area contributed by atoms with E-state index in [4.69, 9.17) is 4.74 Å². The third-order valence-corrected chi connectivity index (χ3v) is 4.32. The van der Waals surface area contributed by atoms with Crippen molar-refractivity contribution in [3.63, 3.8) is 0 Å². The Bertz CT molecular complexity index is 695. The van der Waals surface area contributed by atoms with Gasteiger partial charge in [0.15, 0.2) is 0 Å². The normalized spacial score (nSPS) is 15.2. The Hall–Kier alpha value is -2.53. The van der Waals surface area contributed by atoms with Gasteiger partial charge in [-0.25, -0.2) is 0 Å². The molecule has 1 heterocycles. The van der Waals surface area contributed by atoms with Gasteiger partial charge in [0.1, 0.15) is 5.75 Å². The third-order valence-electron chi connectivity index (χ3n) is 4.32. The van der Waals surface area contributed by atoms with Crippen LogP contribution in [0.4, 0.5) is 11.4 Å². The lowest BCUT2D eigenvalue weighted by molar-refractivity contribution is 0.102. The van der Waals surface area contributed by atoms with Gasteiger partial charge in [0.2, 0.25) is 0 Å². The van der Waals surface area contributed by atoms with Crippen molar-refractivity contribution in [3.8, 4) is 5.75 Å². The first-order chi connectivity index (χ1) is 11.7. The van der Waals surface area contributed by atoms with Crippen molar-refractivity contribution in [1.29, 1.82) is 0 Å². The van der Waals surface area contributed by atoms with E-state index in [0.29, 0.717) is 5.56 Å². The van der Waals surface area contributed by atoms with Crippen molar-refractivity contribution in [1.82, 2.24) is 4.90 Å². The Balaban J connectivity index is 1.80. The summed E-state index contributed by atoms with van der Waals surface area (Å²) in [5.74, 6) is 0.724. The molecule has 24 heavy (non-hydrogen) atoms. The van der Waals surface area contributed by atoms with Crippen LogP contribution in [0.3, 0.4) is 0 Å². The van der Waals surface area contributed by atoms with Crippen LogP contribution in [0.2, 0.25) is 0 Å². The van der Waals surface area contributed by atoms with Crippen LogP contribution in [0.15, 0.2) is 48.5 Å². The van der Waals surface area contributed by atoms with Crippen molar-refractivity contribution in [2.75, 3.05) is 50.6 Å². The average Bonchev–Trinajstić information content (AvgIpc) is 2.63. The highest BCUT2D eigenvalue weighted by Crippen LogP contribution is 2.32. The van der Waals surface area contributed by atoms with E-state index in [1.165, 1.54) is 0 Å². The third kappa shape index (κ3) is 3.68. The standard InChI is InChI=1S/C19H23N3O2/c1-21-10-12-22(13-11-21)17-14-16(8-9-18(17)24-2)20-19(23)15-6-4-3-5-7-15/h3-9,14H,10-13H2,1-2H3,(H,20,23). The van der Waals surface area contributed by atoms with Crippen molar-refractivity contribution >= 4 is 17.3 Å². The Kier molecular flexibility index (Phi) is 5.01. The molecule has 5 nitrogen and oxygen atoms in total. The van der Waals surface area contributed by atoms with E-state index in [1.54, 1.807) is 19.2 Å². The number of anilines is 2. The molecule has 0 bridgehead atoms. The average molecular weight is 325 g/mol. The van der Waals surface area contributed by atoms with Crippen LogP contribution >= 0.6 is 0 Å².